The summed E-state index contributed by atoms with van der Waals surface area (Å²) in [7, 11) is 0. The van der Waals surface area contributed by atoms with Crippen LogP contribution < -0.4 is 19.3 Å². The molecule has 0 spiro atoms. The van der Waals surface area contributed by atoms with E-state index in [-0.39, 0.29) is 35.9 Å². The molecule has 6 unspecified atom stereocenters. The molecule has 12 nitrogen and oxygen atoms in total. The molecule has 8 rings (SSSR count). The van der Waals surface area contributed by atoms with Crippen LogP contribution in [0.1, 0.15) is 78.1 Å². The quantitative estimate of drug-likeness (QED) is 0.247. The number of hydrogen-bond donors (Lipinski definition) is 2. The summed E-state index contributed by atoms with van der Waals surface area (Å²) in [5.41, 5.74) is 2.07. The number of aliphatic carboxylic acids is 2. The van der Waals surface area contributed by atoms with Crippen LogP contribution in [0.4, 0.5) is 11.4 Å². The van der Waals surface area contributed by atoms with Crippen LogP contribution in [0.5, 0.6) is 11.5 Å². The lowest BCUT2D eigenvalue weighted by atomic mass is 9.83. The average Bonchev–Trinajstić information content (AvgIpc) is 4.13. The minimum atomic E-state index is -0.699. The van der Waals surface area contributed by atoms with Crippen molar-refractivity contribution >= 4 is 23.3 Å². The number of carbonyl (C=O) groups is 2. The average molecular weight is 749 g/mol. The number of nitrogens with zero attached hydrogens (tertiary/aromatic N) is 4. The summed E-state index contributed by atoms with van der Waals surface area (Å²) in [6.45, 7) is 10.5. The second-order valence-electron chi connectivity index (χ2n) is 17.0. The second-order valence-corrected chi connectivity index (χ2v) is 17.0. The van der Waals surface area contributed by atoms with E-state index in [1.54, 1.807) is 12.4 Å². The van der Waals surface area contributed by atoms with Gasteiger partial charge in [0.15, 0.2) is 0 Å². The summed E-state index contributed by atoms with van der Waals surface area (Å²) in [6.07, 6.45) is 19.0. The molecule has 0 amide bonds. The Morgan fingerprint density at radius 3 is 1.44 bits per heavy atom. The molecule has 54 heavy (non-hydrogen) atoms. The van der Waals surface area contributed by atoms with E-state index in [4.69, 9.17) is 29.2 Å². The summed E-state index contributed by atoms with van der Waals surface area (Å²) in [5.74, 6) is 3.08. The minimum Gasteiger partial charge on any atom is -0.492 e. The van der Waals surface area contributed by atoms with Crippen LogP contribution in [0, 0.1) is 47.3 Å². The number of carboxylic acids is 2. The third-order valence-electron chi connectivity index (χ3n) is 12.8. The molecule has 12 heteroatoms. The molecule has 2 aliphatic heterocycles. The molecular weight excluding hydrogens is 688 g/mol. The zero-order valence-corrected chi connectivity index (χ0v) is 32.1. The van der Waals surface area contributed by atoms with E-state index in [0.29, 0.717) is 25.0 Å². The Bertz CT molecular complexity index is 1430. The molecule has 2 N–H and O–H groups in total. The predicted molar refractivity (Wildman–Crippen MR) is 204 cm³/mol. The van der Waals surface area contributed by atoms with Gasteiger partial charge in [-0.3, -0.25) is 19.6 Å². The van der Waals surface area contributed by atoms with E-state index in [1.165, 1.54) is 51.4 Å². The lowest BCUT2D eigenvalue weighted by molar-refractivity contribution is -0.140. The van der Waals surface area contributed by atoms with Crippen LogP contribution in [-0.2, 0) is 19.1 Å². The third-order valence-corrected chi connectivity index (χ3v) is 12.8. The number of pyridine rings is 2. The van der Waals surface area contributed by atoms with Gasteiger partial charge in [0.1, 0.15) is 11.5 Å². The fourth-order valence-electron chi connectivity index (χ4n) is 8.90. The molecule has 6 atom stereocenters. The van der Waals surface area contributed by atoms with Crippen LogP contribution >= 0.6 is 0 Å². The first-order chi connectivity index (χ1) is 26.2. The predicted octanol–water partition coefficient (Wildman–Crippen LogP) is 6.43. The number of anilines is 2. The Morgan fingerprint density at radius 2 is 1.07 bits per heavy atom. The van der Waals surface area contributed by atoms with Gasteiger partial charge >= 0.3 is 11.9 Å². The first-order valence-electron chi connectivity index (χ1n) is 20.5. The van der Waals surface area contributed by atoms with Crippen LogP contribution in [-0.4, -0.2) is 96.9 Å². The molecule has 6 fully saturated rings. The van der Waals surface area contributed by atoms with Gasteiger partial charge in [-0.25, -0.2) is 0 Å². The second kappa shape index (κ2) is 17.9. The van der Waals surface area contributed by atoms with Gasteiger partial charge in [-0.15, -0.1) is 0 Å². The molecule has 4 saturated carbocycles. The van der Waals surface area contributed by atoms with Gasteiger partial charge in [0.05, 0.1) is 86.6 Å². The van der Waals surface area contributed by atoms with Crippen molar-refractivity contribution in [2.45, 2.75) is 90.3 Å². The Kier molecular flexibility index (Phi) is 12.8. The van der Waals surface area contributed by atoms with Crippen LogP contribution in [0.3, 0.4) is 0 Å². The zero-order valence-electron chi connectivity index (χ0n) is 32.1. The van der Waals surface area contributed by atoms with Crippen molar-refractivity contribution in [3.8, 4) is 11.5 Å². The molecule has 4 aliphatic carbocycles. The van der Waals surface area contributed by atoms with Gasteiger partial charge in [0, 0.05) is 50.1 Å². The molecule has 6 aliphatic rings. The molecule has 2 aromatic rings. The summed E-state index contributed by atoms with van der Waals surface area (Å²) < 4.78 is 23.8. The van der Waals surface area contributed by atoms with Crippen molar-refractivity contribution in [3.63, 3.8) is 0 Å². The number of hydrogen-bond acceptors (Lipinski definition) is 10. The standard InChI is InChI=1S/2C21H30N2O4/c2*1-14-2-4-15(5-3-14)13-27-17-8-16(10-22-11-17)23-6-7-26-20(12-23)18-9-19(18)21(24)25/h2*8,10-11,14-15,18-20H,2-7,9,12-13H2,1H3,(H,24,25). The van der Waals surface area contributed by atoms with Gasteiger partial charge in [-0.2, -0.15) is 0 Å². The molecule has 2 aromatic heterocycles. The van der Waals surface area contributed by atoms with Gasteiger partial charge in [-0.1, -0.05) is 39.5 Å². The van der Waals surface area contributed by atoms with Gasteiger partial charge in [0.2, 0.25) is 0 Å². The lowest BCUT2D eigenvalue weighted by Gasteiger charge is -2.34. The molecule has 0 radical (unpaired) electrons. The van der Waals surface area contributed by atoms with Crippen molar-refractivity contribution in [2.75, 3.05) is 62.4 Å². The highest BCUT2D eigenvalue weighted by Gasteiger charge is 2.50. The van der Waals surface area contributed by atoms with E-state index in [1.807, 2.05) is 12.4 Å². The highest BCUT2D eigenvalue weighted by atomic mass is 16.5. The summed E-state index contributed by atoms with van der Waals surface area (Å²) in [4.78, 5) is 35.5. The molecule has 4 heterocycles. The number of rotatable bonds is 12. The van der Waals surface area contributed by atoms with Crippen molar-refractivity contribution in [3.05, 3.63) is 36.9 Å². The molecule has 0 bridgehead atoms. The van der Waals surface area contributed by atoms with Crippen molar-refractivity contribution in [1.29, 1.82) is 0 Å². The largest absolute Gasteiger partial charge is 0.492 e. The maximum absolute atomic E-state index is 11.1. The number of morpholine rings is 2. The Labute approximate surface area is 319 Å². The van der Waals surface area contributed by atoms with Crippen molar-refractivity contribution in [2.24, 2.45) is 47.3 Å². The maximum atomic E-state index is 11.1. The molecule has 0 aromatic carbocycles. The van der Waals surface area contributed by atoms with Crippen LogP contribution in [0.2, 0.25) is 0 Å². The fraction of sp³-hybridized carbons (Fsp3) is 0.714. The molecule has 296 valence electrons. The van der Waals surface area contributed by atoms with Crippen molar-refractivity contribution in [1.82, 2.24) is 9.97 Å². The zero-order chi connectivity index (χ0) is 37.6. The Balaban J connectivity index is 0.000000167. The topological polar surface area (TPSA) is 144 Å². The van der Waals surface area contributed by atoms with Gasteiger partial charge < -0.3 is 39.0 Å². The Morgan fingerprint density at radius 1 is 0.667 bits per heavy atom. The summed E-state index contributed by atoms with van der Waals surface area (Å²) in [5, 5.41) is 18.3. The monoisotopic (exact) mass is 748 g/mol. The van der Waals surface area contributed by atoms with E-state index in [9.17, 15) is 9.59 Å². The first kappa shape index (κ1) is 38.6. The van der Waals surface area contributed by atoms with Crippen LogP contribution in [0.25, 0.3) is 0 Å². The van der Waals surface area contributed by atoms with E-state index in [2.05, 4.69) is 45.7 Å². The minimum absolute atomic E-state index is 0.00588. The Hall–Kier alpha value is -3.64. The van der Waals surface area contributed by atoms with E-state index >= 15 is 0 Å². The number of ether oxygens (including phenoxy) is 4. The maximum Gasteiger partial charge on any atom is 0.306 e. The normalized spacial score (nSPS) is 33.5. The fourth-order valence-corrected chi connectivity index (χ4v) is 8.90. The summed E-state index contributed by atoms with van der Waals surface area (Å²) >= 11 is 0. The molecular formula is C42H60N4O8. The van der Waals surface area contributed by atoms with Crippen molar-refractivity contribution < 1.29 is 38.7 Å². The molecule has 2 saturated heterocycles. The summed E-state index contributed by atoms with van der Waals surface area (Å²) in [6, 6.07) is 4.12. The smallest absolute Gasteiger partial charge is 0.306 e. The third kappa shape index (κ3) is 10.4. The lowest BCUT2D eigenvalue weighted by Crippen LogP contribution is -2.44. The van der Waals surface area contributed by atoms with Gasteiger partial charge in [0.25, 0.3) is 0 Å². The highest BCUT2D eigenvalue weighted by molar-refractivity contribution is 5.74. The highest BCUT2D eigenvalue weighted by Crippen LogP contribution is 2.45. The number of aromatic nitrogens is 2. The SMILES string of the molecule is CC1CCC(COc2cncc(N3CCOC(C4CC4C(=O)O)C3)c2)CC1.CC1CCC(COc2cncc(N3CCOC(C4CC4C(=O)O)C3)c2)CC1. The number of carboxylic acid groups (broad SMARTS) is 2. The van der Waals surface area contributed by atoms with Gasteiger partial charge in [-0.05, 0) is 62.2 Å². The van der Waals surface area contributed by atoms with E-state index in [0.717, 1.165) is 86.9 Å². The van der Waals surface area contributed by atoms with Crippen LogP contribution in [0.15, 0.2) is 36.9 Å². The van der Waals surface area contributed by atoms with E-state index < -0.39 is 11.9 Å². The first-order valence-corrected chi connectivity index (χ1v) is 20.5.